The molecule has 0 fully saturated rings. The number of benzene rings is 2. The van der Waals surface area contributed by atoms with Crippen molar-refractivity contribution in [3.05, 3.63) is 58.6 Å². The first-order chi connectivity index (χ1) is 14.0. The Bertz CT molecular complexity index is 971. The average Bonchev–Trinajstić information content (AvgIpc) is 2.68. The predicted octanol–water partition coefficient (Wildman–Crippen LogP) is 4.13. The fraction of sp³-hybridized carbons (Fsp3) is 0.250. The summed E-state index contributed by atoms with van der Waals surface area (Å²) in [6.07, 6.45) is -4.65. The summed E-state index contributed by atoms with van der Waals surface area (Å²) >= 11 is 5.56. The van der Waals surface area contributed by atoms with E-state index in [2.05, 4.69) is 10.6 Å². The van der Waals surface area contributed by atoms with Crippen molar-refractivity contribution in [2.24, 2.45) is 0 Å². The molecule has 158 valence electrons. The van der Waals surface area contributed by atoms with Gasteiger partial charge in [0.15, 0.2) is 0 Å². The minimum Gasteiger partial charge on any atom is -0.325 e. The number of hydrogen-bond acceptors (Lipinski definition) is 4. The molecule has 2 aromatic carbocycles. The standard InChI is InChI=1S/C20H18ClF3N4O2/c1-12(19(30)27-14-5-3-13(10-25)4-6-14)28(2)11-18(29)26-15-7-8-17(21)16(9-15)20(22,23)24/h3-9,12H,11H2,1-2H3,(H,26,29)(H,27,30). The maximum atomic E-state index is 12.9. The molecule has 0 spiro atoms. The van der Waals surface area contributed by atoms with E-state index in [1.807, 2.05) is 6.07 Å². The Morgan fingerprint density at radius 2 is 1.73 bits per heavy atom. The number of carbonyl (C=O) groups is 2. The average molecular weight is 439 g/mol. The van der Waals surface area contributed by atoms with Crippen LogP contribution in [0.2, 0.25) is 5.02 Å². The Balaban J connectivity index is 1.96. The van der Waals surface area contributed by atoms with Gasteiger partial charge < -0.3 is 10.6 Å². The third kappa shape index (κ3) is 6.20. The second-order valence-corrected chi connectivity index (χ2v) is 6.92. The maximum absolute atomic E-state index is 12.9. The van der Waals surface area contributed by atoms with Crippen molar-refractivity contribution in [1.29, 1.82) is 5.26 Å². The van der Waals surface area contributed by atoms with Gasteiger partial charge in [-0.15, -0.1) is 0 Å². The predicted molar refractivity (Wildman–Crippen MR) is 107 cm³/mol. The fourth-order valence-corrected chi connectivity index (χ4v) is 2.68. The summed E-state index contributed by atoms with van der Waals surface area (Å²) < 4.78 is 38.8. The Morgan fingerprint density at radius 3 is 2.30 bits per heavy atom. The number of likely N-dealkylation sites (N-methyl/N-ethyl adjacent to an activating group) is 1. The van der Waals surface area contributed by atoms with Crippen molar-refractivity contribution < 1.29 is 22.8 Å². The minimum atomic E-state index is -4.65. The Kier molecular flexibility index (Phi) is 7.43. The quantitative estimate of drug-likeness (QED) is 0.710. The molecule has 1 unspecified atom stereocenters. The molecule has 1 atom stereocenters. The van der Waals surface area contributed by atoms with E-state index < -0.39 is 28.7 Å². The van der Waals surface area contributed by atoms with E-state index in [1.54, 1.807) is 31.2 Å². The number of rotatable bonds is 6. The lowest BCUT2D eigenvalue weighted by molar-refractivity contribution is -0.137. The molecule has 0 bridgehead atoms. The van der Waals surface area contributed by atoms with Crippen LogP contribution in [0.25, 0.3) is 0 Å². The van der Waals surface area contributed by atoms with Gasteiger partial charge in [-0.05, 0) is 56.4 Å². The lowest BCUT2D eigenvalue weighted by atomic mass is 10.2. The lowest BCUT2D eigenvalue weighted by Crippen LogP contribution is -2.43. The van der Waals surface area contributed by atoms with Gasteiger partial charge in [-0.1, -0.05) is 11.6 Å². The summed E-state index contributed by atoms with van der Waals surface area (Å²) in [4.78, 5) is 26.0. The highest BCUT2D eigenvalue weighted by atomic mass is 35.5. The van der Waals surface area contributed by atoms with E-state index in [0.29, 0.717) is 11.3 Å². The van der Waals surface area contributed by atoms with E-state index in [0.717, 1.165) is 12.1 Å². The molecule has 6 nitrogen and oxygen atoms in total. The van der Waals surface area contributed by atoms with E-state index in [-0.39, 0.29) is 18.1 Å². The summed E-state index contributed by atoms with van der Waals surface area (Å²) in [5.74, 6) is -0.980. The summed E-state index contributed by atoms with van der Waals surface area (Å²) in [7, 11) is 1.53. The van der Waals surface area contributed by atoms with Gasteiger partial charge in [0.05, 0.1) is 34.8 Å². The summed E-state index contributed by atoms with van der Waals surface area (Å²) in [5, 5.41) is 13.4. The smallest absolute Gasteiger partial charge is 0.325 e. The number of halogens is 4. The number of nitrogens with one attached hydrogen (secondary N) is 2. The molecule has 0 aliphatic heterocycles. The third-order valence-electron chi connectivity index (χ3n) is 4.27. The number of nitriles is 1. The van der Waals surface area contributed by atoms with Crippen LogP contribution in [0.5, 0.6) is 0 Å². The van der Waals surface area contributed by atoms with Crippen molar-refractivity contribution in [2.75, 3.05) is 24.2 Å². The monoisotopic (exact) mass is 438 g/mol. The molecule has 2 N–H and O–H groups in total. The molecule has 10 heteroatoms. The number of carbonyl (C=O) groups excluding carboxylic acids is 2. The molecule has 2 aromatic rings. The number of amides is 2. The fourth-order valence-electron chi connectivity index (χ4n) is 2.46. The van der Waals surface area contributed by atoms with Gasteiger partial charge in [0.1, 0.15) is 0 Å². The largest absolute Gasteiger partial charge is 0.417 e. The first-order valence-electron chi connectivity index (χ1n) is 8.69. The van der Waals surface area contributed by atoms with Gasteiger partial charge in [-0.25, -0.2) is 0 Å². The van der Waals surface area contributed by atoms with Gasteiger partial charge in [0, 0.05) is 11.4 Å². The van der Waals surface area contributed by atoms with Gasteiger partial charge in [0.25, 0.3) is 0 Å². The van der Waals surface area contributed by atoms with Crippen LogP contribution >= 0.6 is 11.6 Å². The number of anilines is 2. The molecule has 0 aromatic heterocycles. The normalized spacial score (nSPS) is 12.2. The first kappa shape index (κ1) is 23.2. The number of alkyl halides is 3. The Morgan fingerprint density at radius 1 is 1.13 bits per heavy atom. The van der Waals surface area contributed by atoms with Crippen molar-refractivity contribution in [3.8, 4) is 6.07 Å². The van der Waals surface area contributed by atoms with Crippen LogP contribution in [-0.4, -0.2) is 36.3 Å². The van der Waals surface area contributed by atoms with Gasteiger partial charge >= 0.3 is 6.18 Å². The minimum absolute atomic E-state index is 0.0557. The van der Waals surface area contributed by atoms with Gasteiger partial charge in [-0.3, -0.25) is 14.5 Å². The van der Waals surface area contributed by atoms with Crippen molar-refractivity contribution in [2.45, 2.75) is 19.1 Å². The molecule has 0 aliphatic rings. The van der Waals surface area contributed by atoms with Crippen molar-refractivity contribution in [1.82, 2.24) is 4.90 Å². The Hall–Kier alpha value is -3.09. The Labute approximate surface area is 176 Å². The first-order valence-corrected chi connectivity index (χ1v) is 9.07. The summed E-state index contributed by atoms with van der Waals surface area (Å²) in [5.41, 5.74) is -0.166. The molecule has 2 rings (SSSR count). The zero-order valence-corrected chi connectivity index (χ0v) is 16.8. The van der Waals surface area contributed by atoms with Gasteiger partial charge in [-0.2, -0.15) is 18.4 Å². The molecule has 0 saturated carbocycles. The van der Waals surface area contributed by atoms with Crippen LogP contribution in [0.15, 0.2) is 42.5 Å². The molecule has 0 aliphatic carbocycles. The second kappa shape index (κ2) is 9.61. The number of nitrogens with zero attached hydrogens (tertiary/aromatic N) is 2. The highest BCUT2D eigenvalue weighted by Gasteiger charge is 2.33. The van der Waals surface area contributed by atoms with E-state index >= 15 is 0 Å². The molecule has 0 saturated heterocycles. The van der Waals surface area contributed by atoms with Crippen LogP contribution in [0, 0.1) is 11.3 Å². The zero-order valence-electron chi connectivity index (χ0n) is 16.0. The van der Waals surface area contributed by atoms with Crippen molar-refractivity contribution >= 4 is 34.8 Å². The molecule has 0 radical (unpaired) electrons. The van der Waals surface area contributed by atoms with E-state index in [4.69, 9.17) is 16.9 Å². The van der Waals surface area contributed by atoms with Crippen LogP contribution in [0.1, 0.15) is 18.1 Å². The number of hydrogen-bond donors (Lipinski definition) is 2. The van der Waals surface area contributed by atoms with Gasteiger partial charge in [0.2, 0.25) is 11.8 Å². The van der Waals surface area contributed by atoms with Crippen molar-refractivity contribution in [3.63, 3.8) is 0 Å². The SMILES string of the molecule is CC(C(=O)Nc1ccc(C#N)cc1)N(C)CC(=O)Nc1ccc(Cl)c(C(F)(F)F)c1. The maximum Gasteiger partial charge on any atom is 0.417 e. The molecule has 2 amide bonds. The van der Waals surface area contributed by atoms with Crippen LogP contribution in [0.4, 0.5) is 24.5 Å². The van der Waals surface area contributed by atoms with Crippen LogP contribution < -0.4 is 10.6 Å². The molecular weight excluding hydrogens is 421 g/mol. The van der Waals surface area contributed by atoms with Crippen LogP contribution in [0.3, 0.4) is 0 Å². The second-order valence-electron chi connectivity index (χ2n) is 6.51. The summed E-state index contributed by atoms with van der Waals surface area (Å²) in [6.45, 7) is 1.35. The van der Waals surface area contributed by atoms with E-state index in [9.17, 15) is 22.8 Å². The highest BCUT2D eigenvalue weighted by Crippen LogP contribution is 2.36. The van der Waals surface area contributed by atoms with E-state index in [1.165, 1.54) is 18.0 Å². The lowest BCUT2D eigenvalue weighted by Gasteiger charge is -2.23. The highest BCUT2D eigenvalue weighted by molar-refractivity contribution is 6.31. The molecule has 0 heterocycles. The summed E-state index contributed by atoms with van der Waals surface area (Å²) in [6, 6.07) is 10.6. The topological polar surface area (TPSA) is 85.2 Å². The van der Waals surface area contributed by atoms with Crippen LogP contribution in [-0.2, 0) is 15.8 Å². The third-order valence-corrected chi connectivity index (χ3v) is 4.60. The molecular formula is C20H18ClF3N4O2. The zero-order chi connectivity index (χ0) is 22.5. The molecule has 30 heavy (non-hydrogen) atoms.